The molecule has 0 fully saturated rings. The highest BCUT2D eigenvalue weighted by Gasteiger charge is 2.17. The standard InChI is InChI=1S/C20H26N2O2/c1-20(2,3)17-7-5-6-8-18(17)21-14-19(23)22-13-15-9-11-16(24-4)12-10-15/h5-12,21H,13-14H2,1-4H3,(H,22,23). The molecule has 2 N–H and O–H groups in total. The number of hydrogen-bond acceptors (Lipinski definition) is 3. The molecule has 0 spiro atoms. The van der Waals surface area contributed by atoms with Crippen LogP contribution in [-0.4, -0.2) is 19.6 Å². The summed E-state index contributed by atoms with van der Waals surface area (Å²) in [4.78, 5) is 12.1. The van der Waals surface area contributed by atoms with Crippen LogP contribution in [0.25, 0.3) is 0 Å². The number of benzene rings is 2. The van der Waals surface area contributed by atoms with Gasteiger partial charge in [0, 0.05) is 12.2 Å². The van der Waals surface area contributed by atoms with Gasteiger partial charge in [0.15, 0.2) is 0 Å². The van der Waals surface area contributed by atoms with Crippen molar-refractivity contribution < 1.29 is 9.53 Å². The molecule has 128 valence electrons. The molecule has 2 aromatic rings. The SMILES string of the molecule is COc1ccc(CNC(=O)CNc2ccccc2C(C)(C)C)cc1. The largest absolute Gasteiger partial charge is 0.497 e. The van der Waals surface area contributed by atoms with Crippen LogP contribution in [0.3, 0.4) is 0 Å². The van der Waals surface area contributed by atoms with Crippen molar-refractivity contribution in [3.8, 4) is 5.75 Å². The maximum absolute atomic E-state index is 12.1. The van der Waals surface area contributed by atoms with Gasteiger partial charge in [0.05, 0.1) is 13.7 Å². The lowest BCUT2D eigenvalue weighted by Crippen LogP contribution is -2.30. The molecule has 2 aromatic carbocycles. The van der Waals surface area contributed by atoms with E-state index in [-0.39, 0.29) is 17.9 Å². The van der Waals surface area contributed by atoms with E-state index in [2.05, 4.69) is 37.5 Å². The molecule has 0 aliphatic rings. The highest BCUT2D eigenvalue weighted by molar-refractivity contribution is 5.81. The smallest absolute Gasteiger partial charge is 0.239 e. The normalized spacial score (nSPS) is 11.0. The highest BCUT2D eigenvalue weighted by Crippen LogP contribution is 2.28. The van der Waals surface area contributed by atoms with E-state index in [4.69, 9.17) is 4.74 Å². The average molecular weight is 326 g/mol. The van der Waals surface area contributed by atoms with Crippen molar-refractivity contribution in [1.29, 1.82) is 0 Å². The molecule has 0 saturated heterocycles. The molecule has 1 amide bonds. The predicted octanol–water partition coefficient (Wildman–Crippen LogP) is 3.72. The Morgan fingerprint density at radius 1 is 1.04 bits per heavy atom. The van der Waals surface area contributed by atoms with Crippen LogP contribution in [-0.2, 0) is 16.8 Å². The lowest BCUT2D eigenvalue weighted by Gasteiger charge is -2.23. The molecule has 0 bridgehead atoms. The maximum Gasteiger partial charge on any atom is 0.239 e. The van der Waals surface area contributed by atoms with Gasteiger partial charge in [-0.05, 0) is 34.7 Å². The predicted molar refractivity (Wildman–Crippen MR) is 98.5 cm³/mol. The maximum atomic E-state index is 12.1. The van der Waals surface area contributed by atoms with Gasteiger partial charge < -0.3 is 15.4 Å². The fourth-order valence-corrected chi connectivity index (χ4v) is 2.47. The van der Waals surface area contributed by atoms with Crippen molar-refractivity contribution in [1.82, 2.24) is 5.32 Å². The number of methoxy groups -OCH3 is 1. The summed E-state index contributed by atoms with van der Waals surface area (Å²) in [5.41, 5.74) is 3.28. The number of ether oxygens (including phenoxy) is 1. The van der Waals surface area contributed by atoms with Gasteiger partial charge in [-0.25, -0.2) is 0 Å². The second-order valence-electron chi connectivity index (χ2n) is 6.77. The van der Waals surface area contributed by atoms with E-state index in [0.29, 0.717) is 6.54 Å². The summed E-state index contributed by atoms with van der Waals surface area (Å²) in [7, 11) is 1.64. The molecule has 0 heterocycles. The molecule has 0 aliphatic heterocycles. The fourth-order valence-electron chi connectivity index (χ4n) is 2.47. The van der Waals surface area contributed by atoms with E-state index in [1.807, 2.05) is 42.5 Å². The van der Waals surface area contributed by atoms with Crippen molar-refractivity contribution in [3.63, 3.8) is 0 Å². The second kappa shape index (κ2) is 7.86. The van der Waals surface area contributed by atoms with Crippen molar-refractivity contribution >= 4 is 11.6 Å². The van der Waals surface area contributed by atoms with Crippen molar-refractivity contribution in [2.45, 2.75) is 32.7 Å². The molecular weight excluding hydrogens is 300 g/mol. The van der Waals surface area contributed by atoms with Crippen LogP contribution in [0.2, 0.25) is 0 Å². The van der Waals surface area contributed by atoms with Gasteiger partial charge in [-0.15, -0.1) is 0 Å². The van der Waals surface area contributed by atoms with E-state index in [0.717, 1.165) is 17.0 Å². The summed E-state index contributed by atoms with van der Waals surface area (Å²) >= 11 is 0. The Bertz CT molecular complexity index is 673. The Morgan fingerprint density at radius 2 is 1.71 bits per heavy atom. The van der Waals surface area contributed by atoms with E-state index < -0.39 is 0 Å². The summed E-state index contributed by atoms with van der Waals surface area (Å²) in [6, 6.07) is 15.8. The Balaban J connectivity index is 1.87. The Kier molecular flexibility index (Phi) is 5.85. The topological polar surface area (TPSA) is 50.4 Å². The summed E-state index contributed by atoms with van der Waals surface area (Å²) in [6.07, 6.45) is 0. The van der Waals surface area contributed by atoms with Crippen LogP contribution in [0.15, 0.2) is 48.5 Å². The molecule has 0 saturated carbocycles. The van der Waals surface area contributed by atoms with Gasteiger partial charge >= 0.3 is 0 Å². The first-order valence-electron chi connectivity index (χ1n) is 8.13. The molecule has 0 unspecified atom stereocenters. The summed E-state index contributed by atoms with van der Waals surface area (Å²) in [6.45, 7) is 7.25. The zero-order valence-corrected chi connectivity index (χ0v) is 14.8. The molecular formula is C20H26N2O2. The van der Waals surface area contributed by atoms with Crippen LogP contribution in [0.5, 0.6) is 5.75 Å². The van der Waals surface area contributed by atoms with Crippen LogP contribution in [0.1, 0.15) is 31.9 Å². The van der Waals surface area contributed by atoms with Gasteiger partial charge in [-0.1, -0.05) is 51.1 Å². The van der Waals surface area contributed by atoms with E-state index in [1.165, 1.54) is 5.56 Å². The lowest BCUT2D eigenvalue weighted by atomic mass is 9.86. The third-order valence-electron chi connectivity index (χ3n) is 3.82. The monoisotopic (exact) mass is 326 g/mol. The zero-order chi connectivity index (χ0) is 17.6. The number of hydrogen-bond donors (Lipinski definition) is 2. The number of para-hydroxylation sites is 1. The number of amides is 1. The first-order valence-corrected chi connectivity index (χ1v) is 8.13. The van der Waals surface area contributed by atoms with E-state index in [1.54, 1.807) is 7.11 Å². The van der Waals surface area contributed by atoms with Crippen molar-refractivity contribution in [2.75, 3.05) is 19.0 Å². The number of carbonyl (C=O) groups excluding carboxylic acids is 1. The minimum atomic E-state index is -0.0328. The fraction of sp³-hybridized carbons (Fsp3) is 0.350. The first-order chi connectivity index (χ1) is 11.4. The molecule has 0 atom stereocenters. The highest BCUT2D eigenvalue weighted by atomic mass is 16.5. The molecule has 0 aromatic heterocycles. The summed E-state index contributed by atoms with van der Waals surface area (Å²) in [5, 5.41) is 6.16. The van der Waals surface area contributed by atoms with Crippen molar-refractivity contribution in [3.05, 3.63) is 59.7 Å². The average Bonchev–Trinajstić information content (AvgIpc) is 2.58. The van der Waals surface area contributed by atoms with E-state index in [9.17, 15) is 4.79 Å². The van der Waals surface area contributed by atoms with Gasteiger partial charge in [0.2, 0.25) is 5.91 Å². The first kappa shape index (κ1) is 17.9. The third-order valence-corrected chi connectivity index (χ3v) is 3.82. The Hall–Kier alpha value is -2.49. The van der Waals surface area contributed by atoms with Gasteiger partial charge in [-0.3, -0.25) is 4.79 Å². The zero-order valence-electron chi connectivity index (χ0n) is 14.8. The lowest BCUT2D eigenvalue weighted by molar-refractivity contribution is -0.119. The summed E-state index contributed by atoms with van der Waals surface area (Å²) < 4.78 is 5.12. The van der Waals surface area contributed by atoms with Gasteiger partial charge in [0.1, 0.15) is 5.75 Å². The quantitative estimate of drug-likeness (QED) is 0.850. The van der Waals surface area contributed by atoms with E-state index >= 15 is 0 Å². The molecule has 4 nitrogen and oxygen atoms in total. The van der Waals surface area contributed by atoms with Crippen molar-refractivity contribution in [2.24, 2.45) is 0 Å². The molecule has 24 heavy (non-hydrogen) atoms. The van der Waals surface area contributed by atoms with Crippen LogP contribution in [0.4, 0.5) is 5.69 Å². The molecule has 4 heteroatoms. The van der Waals surface area contributed by atoms with Gasteiger partial charge in [0.25, 0.3) is 0 Å². The summed E-state index contributed by atoms with van der Waals surface area (Å²) in [5.74, 6) is 0.778. The Labute approximate surface area is 144 Å². The van der Waals surface area contributed by atoms with Crippen LogP contribution in [0, 0.1) is 0 Å². The number of nitrogens with one attached hydrogen (secondary N) is 2. The Morgan fingerprint density at radius 3 is 2.33 bits per heavy atom. The van der Waals surface area contributed by atoms with Gasteiger partial charge in [-0.2, -0.15) is 0 Å². The number of rotatable bonds is 6. The minimum Gasteiger partial charge on any atom is -0.497 e. The molecule has 0 aliphatic carbocycles. The third kappa shape index (κ3) is 5.01. The van der Waals surface area contributed by atoms with Crippen LogP contribution < -0.4 is 15.4 Å². The molecule has 0 radical (unpaired) electrons. The minimum absolute atomic E-state index is 0.0309. The number of carbonyl (C=O) groups is 1. The van der Waals surface area contributed by atoms with Crippen LogP contribution >= 0.6 is 0 Å². The molecule has 2 rings (SSSR count). The number of anilines is 1. The second-order valence-corrected chi connectivity index (χ2v) is 6.77.